The highest BCUT2D eigenvalue weighted by molar-refractivity contribution is 7.77. The van der Waals surface area contributed by atoms with Crippen LogP contribution < -0.4 is 9.46 Å². The minimum Gasteiger partial charge on any atom is -0.480 e. The van der Waals surface area contributed by atoms with E-state index in [0.717, 1.165) is 5.56 Å². The summed E-state index contributed by atoms with van der Waals surface area (Å²) in [6.45, 7) is 3.39. The van der Waals surface area contributed by atoms with E-state index in [1.807, 2.05) is 0 Å². The number of nitrogens with one attached hydrogen (secondary N) is 1. The summed E-state index contributed by atoms with van der Waals surface area (Å²) in [7, 11) is 0. The molecule has 0 amide bonds. The highest BCUT2D eigenvalue weighted by atomic mass is 32.2. The fourth-order valence-corrected chi connectivity index (χ4v) is 3.04. The van der Waals surface area contributed by atoms with Crippen molar-refractivity contribution >= 4 is 16.8 Å². The van der Waals surface area contributed by atoms with E-state index < -0.39 is 28.5 Å². The average molecular weight is 365 g/mol. The average Bonchev–Trinajstić information content (AvgIpc) is 2.55. The van der Waals surface area contributed by atoms with Crippen molar-refractivity contribution in [3.05, 3.63) is 70.8 Å². The highest BCUT2D eigenvalue weighted by Gasteiger charge is 2.36. The lowest BCUT2D eigenvalue weighted by Gasteiger charge is -2.33. The lowest BCUT2D eigenvalue weighted by Crippen LogP contribution is -2.33. The first-order valence-electron chi connectivity index (χ1n) is 7.61. The molecule has 4 nitrogen and oxygen atoms in total. The molecule has 1 unspecified atom stereocenters. The van der Waals surface area contributed by atoms with Crippen LogP contribution in [0.4, 0.5) is 8.78 Å². The normalized spacial score (nSPS) is 17.0. The minimum absolute atomic E-state index is 0.165. The number of ether oxygens (including phenoxy) is 1. The predicted molar refractivity (Wildman–Crippen MR) is 92.3 cm³/mol. The third-order valence-electron chi connectivity index (χ3n) is 3.96. The summed E-state index contributed by atoms with van der Waals surface area (Å²) in [6, 6.07) is 10.7. The molecule has 0 saturated carbocycles. The quantitative estimate of drug-likeness (QED) is 0.807. The van der Waals surface area contributed by atoms with Gasteiger partial charge in [0.25, 0.3) is 0 Å². The lowest BCUT2D eigenvalue weighted by molar-refractivity contribution is 0.117. The van der Waals surface area contributed by atoms with Crippen molar-refractivity contribution in [1.29, 1.82) is 0 Å². The van der Waals surface area contributed by atoms with Crippen LogP contribution in [0.15, 0.2) is 48.3 Å². The maximum atomic E-state index is 15.0. The Bertz CT molecular complexity index is 863. The smallest absolute Gasteiger partial charge is 0.232 e. The van der Waals surface area contributed by atoms with Crippen molar-refractivity contribution in [3.63, 3.8) is 0 Å². The maximum absolute atomic E-state index is 15.0. The highest BCUT2D eigenvalue weighted by Crippen LogP contribution is 2.44. The monoisotopic (exact) mass is 365 g/mol. The predicted octanol–water partition coefficient (Wildman–Crippen LogP) is 3.95. The van der Waals surface area contributed by atoms with Gasteiger partial charge in [0.15, 0.2) is 11.4 Å². The van der Waals surface area contributed by atoms with E-state index in [9.17, 15) is 8.60 Å². The Kier molecular flexibility index (Phi) is 4.73. The molecular weight excluding hydrogens is 348 g/mol. The molecule has 0 aromatic heterocycles. The molecule has 0 aliphatic carbocycles. The van der Waals surface area contributed by atoms with Crippen LogP contribution in [0.3, 0.4) is 0 Å². The van der Waals surface area contributed by atoms with Crippen LogP contribution in [-0.4, -0.2) is 14.4 Å². The molecule has 3 rings (SSSR count). The first-order valence-corrected chi connectivity index (χ1v) is 8.71. The Labute approximate surface area is 146 Å². The Morgan fingerprint density at radius 3 is 2.48 bits per heavy atom. The van der Waals surface area contributed by atoms with Gasteiger partial charge in [-0.2, -0.15) is 0 Å². The Balaban J connectivity index is 2.08. The van der Waals surface area contributed by atoms with Crippen LogP contribution in [0, 0.1) is 5.82 Å². The molecular formula is C18H17F2NO3S. The number of rotatable bonds is 4. The van der Waals surface area contributed by atoms with Crippen LogP contribution in [-0.2, 0) is 17.8 Å². The van der Waals surface area contributed by atoms with Gasteiger partial charge in [-0.1, -0.05) is 24.3 Å². The Morgan fingerprint density at radius 1 is 1.16 bits per heavy atom. The van der Waals surface area contributed by atoms with Crippen molar-refractivity contribution in [1.82, 2.24) is 4.72 Å². The van der Waals surface area contributed by atoms with Crippen molar-refractivity contribution in [3.8, 4) is 5.75 Å². The molecule has 2 aromatic rings. The second-order valence-electron chi connectivity index (χ2n) is 6.21. The fraction of sp³-hybridized carbons (Fsp3) is 0.222. The summed E-state index contributed by atoms with van der Waals surface area (Å²) < 4.78 is 56.0. The summed E-state index contributed by atoms with van der Waals surface area (Å²) in [5.74, 6) is -0.364. The molecule has 0 bridgehead atoms. The van der Waals surface area contributed by atoms with Gasteiger partial charge < -0.3 is 4.74 Å². The molecule has 2 aromatic carbocycles. The molecule has 1 aliphatic heterocycles. The van der Waals surface area contributed by atoms with E-state index in [1.165, 1.54) is 24.3 Å². The van der Waals surface area contributed by atoms with Crippen molar-refractivity contribution in [2.24, 2.45) is 0 Å². The van der Waals surface area contributed by atoms with E-state index >= 15 is 4.39 Å². The van der Waals surface area contributed by atoms with E-state index in [-0.39, 0.29) is 6.54 Å². The van der Waals surface area contributed by atoms with Crippen molar-refractivity contribution < 1.29 is 22.3 Å². The number of hydrogen-bond acceptors (Lipinski definition) is 2. The molecule has 1 aliphatic rings. The molecule has 0 saturated heterocycles. The molecule has 132 valence electrons. The van der Waals surface area contributed by atoms with Gasteiger partial charge >= 0.3 is 0 Å². The third-order valence-corrected chi connectivity index (χ3v) is 4.35. The molecule has 2 N–H and O–H groups in total. The van der Waals surface area contributed by atoms with Crippen LogP contribution in [0.2, 0.25) is 0 Å². The first-order chi connectivity index (χ1) is 11.8. The minimum atomic E-state index is -2.12. The molecule has 25 heavy (non-hydrogen) atoms. The zero-order valence-corrected chi connectivity index (χ0v) is 14.5. The largest absolute Gasteiger partial charge is 0.480 e. The summed E-state index contributed by atoms with van der Waals surface area (Å²) >= 11 is -2.12. The second kappa shape index (κ2) is 6.67. The fourth-order valence-electron chi connectivity index (χ4n) is 2.75. The van der Waals surface area contributed by atoms with Gasteiger partial charge in [-0.25, -0.2) is 17.7 Å². The molecule has 0 spiro atoms. The van der Waals surface area contributed by atoms with Crippen molar-refractivity contribution in [2.75, 3.05) is 0 Å². The molecule has 1 atom stereocenters. The van der Waals surface area contributed by atoms with Gasteiger partial charge in [0, 0.05) is 17.7 Å². The van der Waals surface area contributed by atoms with Crippen LogP contribution >= 0.6 is 0 Å². The van der Waals surface area contributed by atoms with Gasteiger partial charge in [-0.05, 0) is 43.2 Å². The molecule has 0 fully saturated rings. The van der Waals surface area contributed by atoms with E-state index in [2.05, 4.69) is 4.72 Å². The van der Waals surface area contributed by atoms with Crippen LogP contribution in [0.5, 0.6) is 5.75 Å². The van der Waals surface area contributed by atoms with E-state index in [1.54, 1.807) is 32.0 Å². The number of fused-ring (bicyclic) bond motifs is 1. The van der Waals surface area contributed by atoms with Gasteiger partial charge in [0.1, 0.15) is 11.6 Å². The molecule has 7 heteroatoms. The van der Waals surface area contributed by atoms with Crippen molar-refractivity contribution in [2.45, 2.75) is 26.0 Å². The van der Waals surface area contributed by atoms with Gasteiger partial charge in [-0.3, -0.25) is 4.55 Å². The third kappa shape index (κ3) is 3.63. The number of benzene rings is 2. The Hall–Kier alpha value is -2.09. The van der Waals surface area contributed by atoms with E-state index in [0.29, 0.717) is 22.4 Å². The Morgan fingerprint density at radius 2 is 1.84 bits per heavy atom. The van der Waals surface area contributed by atoms with Crippen LogP contribution in [0.25, 0.3) is 5.57 Å². The molecule has 0 radical (unpaired) electrons. The first kappa shape index (κ1) is 17.7. The van der Waals surface area contributed by atoms with E-state index in [4.69, 9.17) is 9.29 Å². The van der Waals surface area contributed by atoms with Gasteiger partial charge in [0.05, 0.1) is 0 Å². The zero-order valence-electron chi connectivity index (χ0n) is 13.7. The van der Waals surface area contributed by atoms with Gasteiger partial charge in [0.2, 0.25) is 11.3 Å². The summed E-state index contributed by atoms with van der Waals surface area (Å²) in [5.41, 5.74) is 1.01. The summed E-state index contributed by atoms with van der Waals surface area (Å²) in [5, 5.41) is 0. The summed E-state index contributed by atoms with van der Waals surface area (Å²) in [6.07, 6.45) is 0. The van der Waals surface area contributed by atoms with Gasteiger partial charge in [-0.15, -0.1) is 0 Å². The second-order valence-corrected chi connectivity index (χ2v) is 7.00. The lowest BCUT2D eigenvalue weighted by atomic mass is 9.88. The molecule has 1 heterocycles. The van der Waals surface area contributed by atoms with Crippen LogP contribution in [0.1, 0.15) is 30.5 Å². The standard InChI is InChI=1S/C18H17F2NO3S/c1-18(2)17(20)16(12-4-6-13(19)7-5-12)14-8-3-11(9-15(14)24-18)10-21-25(22)23/h3-9,21H,10H2,1-2H3,(H,22,23). The SMILES string of the molecule is CC1(C)Oc2cc(CNS(=O)O)ccc2C(c2ccc(F)cc2)=C1F. The topological polar surface area (TPSA) is 58.6 Å². The number of halogens is 2. The number of hydrogen-bond donors (Lipinski definition) is 2. The zero-order chi connectivity index (χ0) is 18.2. The summed E-state index contributed by atoms with van der Waals surface area (Å²) in [4.78, 5) is 0. The maximum Gasteiger partial charge on any atom is 0.232 e.